The van der Waals surface area contributed by atoms with Crippen LogP contribution >= 0.6 is 0 Å². The maximum atomic E-state index is 13.6. The molecule has 1 atom stereocenters. The van der Waals surface area contributed by atoms with E-state index >= 15 is 0 Å². The van der Waals surface area contributed by atoms with E-state index in [0.717, 1.165) is 10.9 Å². The van der Waals surface area contributed by atoms with Gasteiger partial charge >= 0.3 is 0 Å². The Labute approximate surface area is 82.3 Å². The quantitative estimate of drug-likeness (QED) is 0.733. The second-order valence-corrected chi connectivity index (χ2v) is 3.47. The molecule has 1 unspecified atom stereocenters. The average molecular weight is 189 g/mol. The van der Waals surface area contributed by atoms with Gasteiger partial charge in [0.05, 0.1) is 0 Å². The van der Waals surface area contributed by atoms with E-state index in [0.29, 0.717) is 5.39 Å². The van der Waals surface area contributed by atoms with Crippen LogP contribution in [0.3, 0.4) is 0 Å². The second-order valence-electron chi connectivity index (χ2n) is 3.47. The number of halogens is 1. The summed E-state index contributed by atoms with van der Waals surface area (Å²) in [6, 6.07) is 10.6. The highest BCUT2D eigenvalue weighted by Crippen LogP contribution is 2.25. The van der Waals surface area contributed by atoms with Crippen molar-refractivity contribution in [1.82, 2.24) is 0 Å². The molecule has 0 spiro atoms. The van der Waals surface area contributed by atoms with Crippen molar-refractivity contribution in [3.8, 4) is 0 Å². The molecular weight excluding hydrogens is 177 g/mol. The molecule has 0 fully saturated rings. The lowest BCUT2D eigenvalue weighted by atomic mass is 10.00. The summed E-state index contributed by atoms with van der Waals surface area (Å²) in [5.74, 6) is -0.199. The number of benzene rings is 2. The van der Waals surface area contributed by atoms with E-state index in [2.05, 4.69) is 0 Å². The maximum Gasteiger partial charge on any atom is 0.131 e. The molecule has 14 heavy (non-hydrogen) atoms. The molecule has 2 rings (SSSR count). The molecule has 2 heteroatoms. The van der Waals surface area contributed by atoms with Crippen LogP contribution in [0.1, 0.15) is 18.5 Å². The fraction of sp³-hybridized carbons (Fsp3) is 0.167. The number of hydrogen-bond donors (Lipinski definition) is 1. The van der Waals surface area contributed by atoms with E-state index in [4.69, 9.17) is 5.73 Å². The van der Waals surface area contributed by atoms with Crippen LogP contribution in [0.25, 0.3) is 10.8 Å². The molecule has 0 saturated heterocycles. The molecular formula is C12H12FN. The first-order valence-corrected chi connectivity index (χ1v) is 4.63. The Morgan fingerprint density at radius 2 is 1.79 bits per heavy atom. The van der Waals surface area contributed by atoms with Crippen molar-refractivity contribution in [2.24, 2.45) is 5.73 Å². The minimum Gasteiger partial charge on any atom is -0.324 e. The molecule has 2 aromatic carbocycles. The lowest BCUT2D eigenvalue weighted by Gasteiger charge is -2.10. The van der Waals surface area contributed by atoms with Gasteiger partial charge in [0.1, 0.15) is 5.82 Å². The fourth-order valence-corrected chi connectivity index (χ4v) is 1.70. The number of nitrogens with two attached hydrogens (primary N) is 1. The van der Waals surface area contributed by atoms with Gasteiger partial charge in [-0.3, -0.25) is 0 Å². The number of fused-ring (bicyclic) bond motifs is 1. The van der Waals surface area contributed by atoms with Gasteiger partial charge in [0.15, 0.2) is 0 Å². The van der Waals surface area contributed by atoms with Crippen LogP contribution in [0, 0.1) is 5.82 Å². The number of rotatable bonds is 1. The molecule has 72 valence electrons. The molecule has 0 heterocycles. The second kappa shape index (κ2) is 3.39. The van der Waals surface area contributed by atoms with Crippen LogP contribution in [0.5, 0.6) is 0 Å². The first kappa shape index (κ1) is 9.16. The lowest BCUT2D eigenvalue weighted by Crippen LogP contribution is -2.06. The molecule has 2 aromatic rings. The van der Waals surface area contributed by atoms with E-state index in [1.54, 1.807) is 6.07 Å². The summed E-state index contributed by atoms with van der Waals surface area (Å²) in [5.41, 5.74) is 6.64. The van der Waals surface area contributed by atoms with Crippen LogP contribution in [-0.4, -0.2) is 0 Å². The van der Waals surface area contributed by atoms with E-state index in [1.165, 1.54) is 6.07 Å². The molecule has 0 aliphatic rings. The van der Waals surface area contributed by atoms with E-state index < -0.39 is 0 Å². The zero-order valence-electron chi connectivity index (χ0n) is 8.00. The van der Waals surface area contributed by atoms with E-state index in [1.807, 2.05) is 31.2 Å². The molecule has 0 saturated carbocycles. The maximum absolute atomic E-state index is 13.6. The lowest BCUT2D eigenvalue weighted by molar-refractivity contribution is 0.637. The third-order valence-electron chi connectivity index (χ3n) is 2.38. The summed E-state index contributed by atoms with van der Waals surface area (Å²) in [6.45, 7) is 1.86. The van der Waals surface area contributed by atoms with Gasteiger partial charge in [0.25, 0.3) is 0 Å². The Bertz CT molecular complexity index is 458. The summed E-state index contributed by atoms with van der Waals surface area (Å²) in [4.78, 5) is 0. The van der Waals surface area contributed by atoms with Crippen molar-refractivity contribution in [3.05, 3.63) is 47.8 Å². The van der Waals surface area contributed by atoms with Crippen molar-refractivity contribution in [2.75, 3.05) is 0 Å². The van der Waals surface area contributed by atoms with Gasteiger partial charge in [-0.15, -0.1) is 0 Å². The standard InChI is InChI=1S/C12H12FN/c1-8(14)10-6-2-4-9-5-3-7-11(13)12(9)10/h2-8H,14H2,1H3. The monoisotopic (exact) mass is 189 g/mol. The summed E-state index contributed by atoms with van der Waals surface area (Å²) in [5, 5.41) is 1.55. The normalized spacial score (nSPS) is 13.1. The highest BCUT2D eigenvalue weighted by molar-refractivity contribution is 5.86. The minimum atomic E-state index is -0.199. The van der Waals surface area contributed by atoms with Gasteiger partial charge < -0.3 is 5.73 Å². The summed E-state index contributed by atoms with van der Waals surface area (Å²) in [6.07, 6.45) is 0. The molecule has 1 nitrogen and oxygen atoms in total. The SMILES string of the molecule is CC(N)c1cccc2cccc(F)c12. The third kappa shape index (κ3) is 1.38. The summed E-state index contributed by atoms with van der Waals surface area (Å²) >= 11 is 0. The van der Waals surface area contributed by atoms with Crippen molar-refractivity contribution in [2.45, 2.75) is 13.0 Å². The fourth-order valence-electron chi connectivity index (χ4n) is 1.70. The van der Waals surface area contributed by atoms with E-state index in [-0.39, 0.29) is 11.9 Å². The molecule has 0 aliphatic carbocycles. The van der Waals surface area contributed by atoms with Gasteiger partial charge in [0.2, 0.25) is 0 Å². The van der Waals surface area contributed by atoms with Crippen LogP contribution < -0.4 is 5.73 Å². The van der Waals surface area contributed by atoms with Crippen LogP contribution in [0.2, 0.25) is 0 Å². The smallest absolute Gasteiger partial charge is 0.131 e. The van der Waals surface area contributed by atoms with Crippen molar-refractivity contribution >= 4 is 10.8 Å². The van der Waals surface area contributed by atoms with Crippen molar-refractivity contribution in [3.63, 3.8) is 0 Å². The Morgan fingerprint density at radius 3 is 2.43 bits per heavy atom. The molecule has 0 radical (unpaired) electrons. The predicted octanol–water partition coefficient (Wildman–Crippen LogP) is 3.00. The molecule has 0 aromatic heterocycles. The zero-order chi connectivity index (χ0) is 10.1. The van der Waals surface area contributed by atoms with Crippen molar-refractivity contribution in [1.29, 1.82) is 0 Å². The first-order chi connectivity index (χ1) is 6.70. The Kier molecular flexibility index (Phi) is 2.22. The summed E-state index contributed by atoms with van der Waals surface area (Å²) in [7, 11) is 0. The van der Waals surface area contributed by atoms with Gasteiger partial charge in [-0.25, -0.2) is 4.39 Å². The Hall–Kier alpha value is -1.41. The van der Waals surface area contributed by atoms with Crippen molar-refractivity contribution < 1.29 is 4.39 Å². The van der Waals surface area contributed by atoms with Crippen LogP contribution in [-0.2, 0) is 0 Å². The van der Waals surface area contributed by atoms with Gasteiger partial charge in [0, 0.05) is 11.4 Å². The highest BCUT2D eigenvalue weighted by atomic mass is 19.1. The zero-order valence-corrected chi connectivity index (χ0v) is 8.00. The average Bonchev–Trinajstić information content (AvgIpc) is 2.17. The topological polar surface area (TPSA) is 26.0 Å². The Morgan fingerprint density at radius 1 is 1.14 bits per heavy atom. The highest BCUT2D eigenvalue weighted by Gasteiger charge is 2.08. The molecule has 2 N–H and O–H groups in total. The van der Waals surface area contributed by atoms with Gasteiger partial charge in [-0.2, -0.15) is 0 Å². The molecule has 0 amide bonds. The van der Waals surface area contributed by atoms with Crippen LogP contribution in [0.15, 0.2) is 36.4 Å². The Balaban J connectivity index is 2.84. The third-order valence-corrected chi connectivity index (χ3v) is 2.38. The van der Waals surface area contributed by atoms with Gasteiger partial charge in [-0.1, -0.05) is 30.3 Å². The predicted molar refractivity (Wildman–Crippen MR) is 56.5 cm³/mol. The largest absolute Gasteiger partial charge is 0.324 e. The van der Waals surface area contributed by atoms with Gasteiger partial charge in [-0.05, 0) is 23.9 Å². The molecule has 0 bridgehead atoms. The van der Waals surface area contributed by atoms with Crippen LogP contribution in [0.4, 0.5) is 4.39 Å². The minimum absolute atomic E-state index is 0.143. The number of hydrogen-bond acceptors (Lipinski definition) is 1. The molecule has 0 aliphatic heterocycles. The summed E-state index contributed by atoms with van der Waals surface area (Å²) < 4.78 is 13.6. The van der Waals surface area contributed by atoms with E-state index in [9.17, 15) is 4.39 Å². The first-order valence-electron chi connectivity index (χ1n) is 4.63.